The zero-order chi connectivity index (χ0) is 8.85. The highest BCUT2D eigenvalue weighted by Crippen LogP contribution is 1.87. The average Bonchev–Trinajstić information content (AvgIpc) is 1.82. The molecule has 0 aliphatic rings. The standard InChI is InChI=1S/C6H8O5/c1-4(7)2-6(10)11-3-5(8)9/h2-3H2,1H3,(H,8,9). The van der Waals surface area contributed by atoms with Gasteiger partial charge in [-0.15, -0.1) is 0 Å². The first-order chi connectivity index (χ1) is 5.02. The third kappa shape index (κ3) is 6.50. The van der Waals surface area contributed by atoms with E-state index in [9.17, 15) is 14.4 Å². The molecule has 0 atom stereocenters. The van der Waals surface area contributed by atoms with Crippen LogP contribution in [0.1, 0.15) is 13.3 Å². The van der Waals surface area contributed by atoms with Crippen LogP contribution in [0.2, 0.25) is 0 Å². The number of esters is 1. The Morgan fingerprint density at radius 2 is 1.91 bits per heavy atom. The molecular formula is C6H8O5. The van der Waals surface area contributed by atoms with E-state index in [4.69, 9.17) is 5.11 Å². The quantitative estimate of drug-likeness (QED) is 0.446. The molecule has 11 heavy (non-hydrogen) atoms. The zero-order valence-corrected chi connectivity index (χ0v) is 5.99. The minimum absolute atomic E-state index is 0.347. The maximum Gasteiger partial charge on any atom is 0.341 e. The molecular weight excluding hydrogens is 152 g/mol. The largest absolute Gasteiger partial charge is 0.479 e. The van der Waals surface area contributed by atoms with Gasteiger partial charge in [-0.1, -0.05) is 0 Å². The van der Waals surface area contributed by atoms with Crippen molar-refractivity contribution in [3.05, 3.63) is 0 Å². The molecule has 0 spiro atoms. The van der Waals surface area contributed by atoms with E-state index in [1.165, 1.54) is 6.92 Å². The molecule has 0 aromatic carbocycles. The van der Waals surface area contributed by atoms with Gasteiger partial charge >= 0.3 is 11.9 Å². The van der Waals surface area contributed by atoms with Crippen molar-refractivity contribution in [3.8, 4) is 0 Å². The first-order valence-corrected chi connectivity index (χ1v) is 2.89. The zero-order valence-electron chi connectivity index (χ0n) is 5.99. The van der Waals surface area contributed by atoms with E-state index in [0.29, 0.717) is 0 Å². The Balaban J connectivity index is 3.53. The Hall–Kier alpha value is -1.39. The van der Waals surface area contributed by atoms with E-state index in [0.717, 1.165) is 0 Å². The molecule has 0 unspecified atom stereocenters. The van der Waals surface area contributed by atoms with Crippen molar-refractivity contribution in [2.45, 2.75) is 13.3 Å². The third-order valence-electron chi connectivity index (χ3n) is 0.750. The number of Topliss-reactive ketones (excluding diaryl/α,β-unsaturated/α-hetero) is 1. The second-order valence-electron chi connectivity index (χ2n) is 1.93. The topological polar surface area (TPSA) is 80.7 Å². The molecule has 0 aromatic heterocycles. The summed E-state index contributed by atoms with van der Waals surface area (Å²) in [6.45, 7) is 0.536. The summed E-state index contributed by atoms with van der Waals surface area (Å²) in [6, 6.07) is 0. The maximum atomic E-state index is 10.5. The second kappa shape index (κ2) is 4.43. The predicted octanol–water partition coefficient (Wildman–Crippen LogP) is -0.407. The van der Waals surface area contributed by atoms with Gasteiger partial charge in [-0.05, 0) is 6.92 Å². The summed E-state index contributed by atoms with van der Waals surface area (Å²) in [7, 11) is 0. The highest BCUT2D eigenvalue weighted by atomic mass is 16.5. The number of carbonyl (C=O) groups is 3. The molecule has 0 amide bonds. The first-order valence-electron chi connectivity index (χ1n) is 2.89. The van der Waals surface area contributed by atoms with E-state index in [-0.39, 0.29) is 12.2 Å². The van der Waals surface area contributed by atoms with E-state index >= 15 is 0 Å². The Bertz CT molecular complexity index is 183. The maximum absolute atomic E-state index is 10.5. The van der Waals surface area contributed by atoms with E-state index in [2.05, 4.69) is 4.74 Å². The minimum Gasteiger partial charge on any atom is -0.479 e. The number of carboxylic acids is 1. The number of aliphatic carboxylic acids is 1. The van der Waals surface area contributed by atoms with Gasteiger partial charge in [0.1, 0.15) is 12.2 Å². The van der Waals surface area contributed by atoms with E-state index in [1.54, 1.807) is 0 Å². The van der Waals surface area contributed by atoms with Gasteiger partial charge in [0.05, 0.1) is 0 Å². The van der Waals surface area contributed by atoms with Crippen LogP contribution in [0.3, 0.4) is 0 Å². The summed E-state index contributed by atoms with van der Waals surface area (Å²) in [5.74, 6) is -2.39. The van der Waals surface area contributed by atoms with Crippen LogP contribution in [0.25, 0.3) is 0 Å². The summed E-state index contributed by atoms with van der Waals surface area (Å²) in [4.78, 5) is 30.5. The van der Waals surface area contributed by atoms with Crippen molar-refractivity contribution in [2.24, 2.45) is 0 Å². The van der Waals surface area contributed by atoms with Crippen LogP contribution in [0.5, 0.6) is 0 Å². The SMILES string of the molecule is CC(=O)CC(=O)OCC(=O)O. The van der Waals surface area contributed by atoms with Crippen LogP contribution in [0.15, 0.2) is 0 Å². The molecule has 0 aliphatic heterocycles. The molecule has 5 heteroatoms. The monoisotopic (exact) mass is 160 g/mol. The number of carboxylic acid groups (broad SMARTS) is 1. The van der Waals surface area contributed by atoms with Crippen LogP contribution in [0, 0.1) is 0 Å². The van der Waals surface area contributed by atoms with Gasteiger partial charge in [-0.2, -0.15) is 0 Å². The lowest BCUT2D eigenvalue weighted by molar-refractivity contribution is -0.156. The smallest absolute Gasteiger partial charge is 0.341 e. The number of rotatable bonds is 4. The molecule has 0 rings (SSSR count). The van der Waals surface area contributed by atoms with Crippen LogP contribution < -0.4 is 0 Å². The first kappa shape index (κ1) is 9.61. The fourth-order valence-corrected chi connectivity index (χ4v) is 0.397. The summed E-state index contributed by atoms with van der Waals surface area (Å²) in [5.41, 5.74) is 0. The van der Waals surface area contributed by atoms with Gasteiger partial charge in [-0.25, -0.2) is 4.79 Å². The van der Waals surface area contributed by atoms with Gasteiger partial charge < -0.3 is 9.84 Å². The molecule has 0 radical (unpaired) electrons. The third-order valence-corrected chi connectivity index (χ3v) is 0.750. The molecule has 0 fully saturated rings. The van der Waals surface area contributed by atoms with Crippen LogP contribution >= 0.6 is 0 Å². The Kier molecular flexibility index (Phi) is 3.87. The molecule has 0 aliphatic carbocycles. The summed E-state index contributed by atoms with van der Waals surface area (Å²) in [5, 5.41) is 8.03. The second-order valence-corrected chi connectivity index (χ2v) is 1.93. The Morgan fingerprint density at radius 1 is 1.36 bits per heavy atom. The normalized spacial score (nSPS) is 8.82. The lowest BCUT2D eigenvalue weighted by Gasteiger charge is -1.97. The van der Waals surface area contributed by atoms with Crippen molar-refractivity contribution in [1.29, 1.82) is 0 Å². The van der Waals surface area contributed by atoms with Crippen molar-refractivity contribution >= 4 is 17.7 Å². The lowest BCUT2D eigenvalue weighted by atomic mass is 10.3. The minimum atomic E-state index is -1.23. The summed E-state index contributed by atoms with van der Waals surface area (Å²) in [6.07, 6.45) is -0.368. The number of ether oxygens (including phenoxy) is 1. The molecule has 0 heterocycles. The summed E-state index contributed by atoms with van der Waals surface area (Å²) >= 11 is 0. The van der Waals surface area contributed by atoms with Crippen molar-refractivity contribution in [1.82, 2.24) is 0 Å². The average molecular weight is 160 g/mol. The molecule has 1 N–H and O–H groups in total. The van der Waals surface area contributed by atoms with Crippen molar-refractivity contribution in [2.75, 3.05) is 6.61 Å². The molecule has 0 saturated carbocycles. The van der Waals surface area contributed by atoms with Gasteiger partial charge in [0, 0.05) is 0 Å². The van der Waals surface area contributed by atoms with E-state index < -0.39 is 18.5 Å². The van der Waals surface area contributed by atoms with Crippen LogP contribution in [0.4, 0.5) is 0 Å². The molecule has 0 bridgehead atoms. The molecule has 0 aromatic rings. The number of hydrogen-bond acceptors (Lipinski definition) is 4. The number of hydrogen-bond donors (Lipinski definition) is 1. The Morgan fingerprint density at radius 3 is 2.27 bits per heavy atom. The number of carbonyl (C=O) groups excluding carboxylic acids is 2. The fourth-order valence-electron chi connectivity index (χ4n) is 0.397. The van der Waals surface area contributed by atoms with Gasteiger partial charge in [0.15, 0.2) is 6.61 Å². The Labute approximate surface area is 63.0 Å². The molecule has 62 valence electrons. The molecule has 0 saturated heterocycles. The van der Waals surface area contributed by atoms with E-state index in [1.807, 2.05) is 0 Å². The van der Waals surface area contributed by atoms with Gasteiger partial charge in [-0.3, -0.25) is 9.59 Å². The van der Waals surface area contributed by atoms with Gasteiger partial charge in [0.25, 0.3) is 0 Å². The predicted molar refractivity (Wildman–Crippen MR) is 33.9 cm³/mol. The van der Waals surface area contributed by atoms with Crippen LogP contribution in [-0.4, -0.2) is 29.4 Å². The van der Waals surface area contributed by atoms with Gasteiger partial charge in [0.2, 0.25) is 0 Å². The lowest BCUT2D eigenvalue weighted by Crippen LogP contribution is -2.14. The fraction of sp³-hybridized carbons (Fsp3) is 0.500. The van der Waals surface area contributed by atoms with Crippen molar-refractivity contribution in [3.63, 3.8) is 0 Å². The highest BCUT2D eigenvalue weighted by Gasteiger charge is 2.07. The van der Waals surface area contributed by atoms with Crippen molar-refractivity contribution < 1.29 is 24.2 Å². The summed E-state index contributed by atoms with van der Waals surface area (Å²) < 4.78 is 4.15. The molecule has 5 nitrogen and oxygen atoms in total. The highest BCUT2D eigenvalue weighted by molar-refractivity contribution is 5.94. The number of ketones is 1. The van der Waals surface area contributed by atoms with Crippen LogP contribution in [-0.2, 0) is 19.1 Å².